The van der Waals surface area contributed by atoms with Gasteiger partial charge in [-0.05, 0) is 25.7 Å². The first-order valence-corrected chi connectivity index (χ1v) is 7.96. The van der Waals surface area contributed by atoms with Crippen LogP contribution in [0, 0.1) is 0 Å². The zero-order chi connectivity index (χ0) is 11.8. The van der Waals surface area contributed by atoms with Crippen LogP contribution in [0.1, 0.15) is 38.5 Å². The van der Waals surface area contributed by atoms with Crippen molar-refractivity contribution in [3.8, 4) is 0 Å². The van der Waals surface area contributed by atoms with Gasteiger partial charge in [0.2, 0.25) is 0 Å². The molecule has 4 nitrogen and oxygen atoms in total. The molecule has 2 aliphatic rings. The molecule has 0 aliphatic heterocycles. The lowest BCUT2D eigenvalue weighted by Crippen LogP contribution is -2.37. The van der Waals surface area contributed by atoms with E-state index >= 15 is 0 Å². The van der Waals surface area contributed by atoms with Gasteiger partial charge in [-0.3, -0.25) is 0 Å². The maximum Gasteiger partial charge on any atom is 0.152 e. The quantitative estimate of drug-likeness (QED) is 0.805. The molecule has 0 spiro atoms. The number of aliphatic hydroxyl groups is 1. The average molecular weight is 248 g/mol. The van der Waals surface area contributed by atoms with Crippen LogP contribution in [0.3, 0.4) is 0 Å². The van der Waals surface area contributed by atoms with Crippen LogP contribution in [0.4, 0.5) is 0 Å². The summed E-state index contributed by atoms with van der Waals surface area (Å²) in [5.74, 6) is 0. The van der Waals surface area contributed by atoms with Gasteiger partial charge < -0.3 is 9.84 Å². The summed E-state index contributed by atoms with van der Waals surface area (Å²) in [5, 5.41) is 9.31. The standard InChI is InChI=1S/C11H20O4S/c1-16(13,14)10-7-6-9(11(10)12)15-8-4-2-3-5-8/h8-12H,2-7H2,1H3. The van der Waals surface area contributed by atoms with Crippen molar-refractivity contribution in [2.45, 2.75) is 62.1 Å². The van der Waals surface area contributed by atoms with Gasteiger partial charge in [-0.25, -0.2) is 8.42 Å². The van der Waals surface area contributed by atoms with Crippen LogP contribution >= 0.6 is 0 Å². The highest BCUT2D eigenvalue weighted by Crippen LogP contribution is 2.31. The Hall–Kier alpha value is -0.130. The first-order valence-electron chi connectivity index (χ1n) is 6.01. The molecule has 16 heavy (non-hydrogen) atoms. The molecule has 0 saturated heterocycles. The van der Waals surface area contributed by atoms with E-state index in [1.165, 1.54) is 19.1 Å². The molecular weight excluding hydrogens is 228 g/mol. The second kappa shape index (κ2) is 4.63. The summed E-state index contributed by atoms with van der Waals surface area (Å²) in [6.07, 6.45) is 5.97. The monoisotopic (exact) mass is 248 g/mol. The predicted molar refractivity (Wildman–Crippen MR) is 61.0 cm³/mol. The van der Waals surface area contributed by atoms with Crippen molar-refractivity contribution in [1.29, 1.82) is 0 Å². The lowest BCUT2D eigenvalue weighted by molar-refractivity contribution is -0.0579. The fourth-order valence-electron chi connectivity index (χ4n) is 2.80. The minimum atomic E-state index is -3.15. The molecule has 2 rings (SSSR count). The Morgan fingerprint density at radius 2 is 1.75 bits per heavy atom. The van der Waals surface area contributed by atoms with Gasteiger partial charge in [-0.1, -0.05) is 12.8 Å². The fourth-order valence-corrected chi connectivity index (χ4v) is 4.04. The Bertz CT molecular complexity index is 332. The van der Waals surface area contributed by atoms with E-state index in [0.717, 1.165) is 12.8 Å². The second-order valence-corrected chi connectivity index (χ2v) is 7.28. The van der Waals surface area contributed by atoms with Crippen LogP contribution in [0.25, 0.3) is 0 Å². The first kappa shape index (κ1) is 12.3. The molecule has 0 radical (unpaired) electrons. The summed E-state index contributed by atoms with van der Waals surface area (Å²) in [5.41, 5.74) is 0. The van der Waals surface area contributed by atoms with E-state index in [2.05, 4.69) is 0 Å². The Morgan fingerprint density at radius 1 is 1.12 bits per heavy atom. The molecule has 0 heterocycles. The summed E-state index contributed by atoms with van der Waals surface area (Å²) in [6, 6.07) is 0. The molecule has 5 heteroatoms. The number of hydrogen-bond donors (Lipinski definition) is 1. The van der Waals surface area contributed by atoms with Crippen LogP contribution in [-0.2, 0) is 14.6 Å². The van der Waals surface area contributed by atoms with E-state index in [-0.39, 0.29) is 12.2 Å². The molecule has 2 saturated carbocycles. The van der Waals surface area contributed by atoms with Crippen LogP contribution < -0.4 is 0 Å². The molecule has 0 bridgehead atoms. The highest BCUT2D eigenvalue weighted by atomic mass is 32.2. The van der Waals surface area contributed by atoms with Crippen LogP contribution in [0.2, 0.25) is 0 Å². The molecule has 3 unspecified atom stereocenters. The Kier molecular flexibility index (Phi) is 3.56. The third-order valence-corrected chi connectivity index (χ3v) is 5.33. The lowest BCUT2D eigenvalue weighted by atomic mass is 10.2. The van der Waals surface area contributed by atoms with Crippen molar-refractivity contribution in [2.24, 2.45) is 0 Å². The van der Waals surface area contributed by atoms with Gasteiger partial charge in [0.15, 0.2) is 9.84 Å². The Morgan fingerprint density at radius 3 is 2.25 bits per heavy atom. The molecule has 0 aromatic rings. The van der Waals surface area contributed by atoms with Gasteiger partial charge in [-0.2, -0.15) is 0 Å². The number of hydrogen-bond acceptors (Lipinski definition) is 4. The van der Waals surface area contributed by atoms with Crippen LogP contribution in [0.5, 0.6) is 0 Å². The predicted octanol–water partition coefficient (Wildman–Crippen LogP) is 0.882. The highest BCUT2D eigenvalue weighted by molar-refractivity contribution is 7.91. The summed E-state index contributed by atoms with van der Waals surface area (Å²) >= 11 is 0. The van der Waals surface area contributed by atoms with E-state index in [9.17, 15) is 13.5 Å². The van der Waals surface area contributed by atoms with Crippen molar-refractivity contribution in [1.82, 2.24) is 0 Å². The molecule has 94 valence electrons. The minimum Gasteiger partial charge on any atom is -0.389 e. The summed E-state index contributed by atoms with van der Waals surface area (Å²) < 4.78 is 28.6. The largest absolute Gasteiger partial charge is 0.389 e. The SMILES string of the molecule is CS(=O)(=O)C1CCC(OC2CCCC2)C1O. The Labute approximate surface area is 96.9 Å². The molecule has 0 amide bonds. The van der Waals surface area contributed by atoms with Crippen molar-refractivity contribution >= 4 is 9.84 Å². The zero-order valence-electron chi connectivity index (χ0n) is 9.63. The third-order valence-electron chi connectivity index (χ3n) is 3.72. The summed E-state index contributed by atoms with van der Waals surface area (Å²) in [7, 11) is -3.15. The normalized spacial score (nSPS) is 37.0. The minimum absolute atomic E-state index is 0.234. The second-order valence-electron chi connectivity index (χ2n) is 5.02. The summed E-state index contributed by atoms with van der Waals surface area (Å²) in [4.78, 5) is 0. The number of aliphatic hydroxyl groups excluding tert-OH is 1. The topological polar surface area (TPSA) is 63.6 Å². The van der Waals surface area contributed by atoms with Gasteiger partial charge in [0, 0.05) is 6.26 Å². The average Bonchev–Trinajstić information content (AvgIpc) is 2.76. The summed E-state index contributed by atoms with van der Waals surface area (Å²) in [6.45, 7) is 0. The molecule has 1 N–H and O–H groups in total. The van der Waals surface area contributed by atoms with Gasteiger partial charge in [0.05, 0.1) is 23.6 Å². The van der Waals surface area contributed by atoms with Crippen molar-refractivity contribution in [2.75, 3.05) is 6.26 Å². The number of ether oxygens (including phenoxy) is 1. The van der Waals surface area contributed by atoms with E-state index in [0.29, 0.717) is 12.8 Å². The van der Waals surface area contributed by atoms with E-state index in [1.807, 2.05) is 0 Å². The van der Waals surface area contributed by atoms with Crippen molar-refractivity contribution < 1.29 is 18.3 Å². The number of sulfone groups is 1. The maximum absolute atomic E-state index is 11.4. The molecular formula is C11H20O4S. The van der Waals surface area contributed by atoms with Crippen LogP contribution in [-0.4, -0.2) is 43.3 Å². The highest BCUT2D eigenvalue weighted by Gasteiger charge is 2.42. The van der Waals surface area contributed by atoms with Gasteiger partial charge in [0.1, 0.15) is 0 Å². The zero-order valence-corrected chi connectivity index (χ0v) is 10.4. The van der Waals surface area contributed by atoms with Crippen LogP contribution in [0.15, 0.2) is 0 Å². The van der Waals surface area contributed by atoms with Crippen molar-refractivity contribution in [3.63, 3.8) is 0 Å². The first-order chi connectivity index (χ1) is 7.48. The smallest absolute Gasteiger partial charge is 0.152 e. The van der Waals surface area contributed by atoms with E-state index in [4.69, 9.17) is 4.74 Å². The van der Waals surface area contributed by atoms with Gasteiger partial charge in [-0.15, -0.1) is 0 Å². The van der Waals surface area contributed by atoms with Gasteiger partial charge >= 0.3 is 0 Å². The van der Waals surface area contributed by atoms with Crippen molar-refractivity contribution in [3.05, 3.63) is 0 Å². The molecule has 0 aromatic carbocycles. The van der Waals surface area contributed by atoms with E-state index < -0.39 is 21.2 Å². The molecule has 3 atom stereocenters. The lowest BCUT2D eigenvalue weighted by Gasteiger charge is -2.22. The molecule has 0 aromatic heterocycles. The third kappa shape index (κ3) is 2.57. The van der Waals surface area contributed by atoms with E-state index in [1.54, 1.807) is 0 Å². The molecule has 2 aliphatic carbocycles. The fraction of sp³-hybridized carbons (Fsp3) is 1.00. The maximum atomic E-state index is 11.4. The van der Waals surface area contributed by atoms with Gasteiger partial charge in [0.25, 0.3) is 0 Å². The Balaban J connectivity index is 1.93. The molecule has 2 fully saturated rings. The number of rotatable bonds is 3.